The van der Waals surface area contributed by atoms with Crippen molar-refractivity contribution in [2.24, 2.45) is 4.99 Å². The number of allylic oxidation sites excluding steroid dienone is 1. The molecule has 0 radical (unpaired) electrons. The molecule has 1 heterocycles. The first-order chi connectivity index (χ1) is 13.6. The van der Waals surface area contributed by atoms with Crippen molar-refractivity contribution in [3.8, 4) is 0 Å². The summed E-state index contributed by atoms with van der Waals surface area (Å²) in [4.78, 5) is 17.3. The summed E-state index contributed by atoms with van der Waals surface area (Å²) in [7, 11) is 0. The van der Waals surface area contributed by atoms with Crippen LogP contribution in [0, 0.1) is 0 Å². The molecule has 0 unspecified atom stereocenters. The highest BCUT2D eigenvalue weighted by molar-refractivity contribution is 6.04. The lowest BCUT2D eigenvalue weighted by Gasteiger charge is -2.15. The second-order valence-electron chi connectivity index (χ2n) is 7.39. The van der Waals surface area contributed by atoms with Gasteiger partial charge in [-0.2, -0.15) is 0 Å². The molecule has 1 aliphatic rings. The Morgan fingerprint density at radius 1 is 1.18 bits per heavy atom. The number of aliphatic imine (C=N–C) groups is 1. The van der Waals surface area contributed by atoms with Crippen molar-refractivity contribution in [2.45, 2.75) is 39.2 Å². The van der Waals surface area contributed by atoms with Crippen LogP contribution in [-0.4, -0.2) is 10.4 Å². The molecule has 0 saturated heterocycles. The Hall–Kier alpha value is -3.14. The van der Waals surface area contributed by atoms with Crippen molar-refractivity contribution in [3.05, 3.63) is 88.4 Å². The lowest BCUT2D eigenvalue weighted by molar-refractivity contribution is 0.757. The Morgan fingerprint density at radius 3 is 2.57 bits per heavy atom. The van der Waals surface area contributed by atoms with Gasteiger partial charge >= 0.3 is 0 Å². The van der Waals surface area contributed by atoms with Gasteiger partial charge in [0.25, 0.3) is 5.56 Å². The molecule has 1 aromatic heterocycles. The minimum absolute atomic E-state index is 0.0860. The lowest BCUT2D eigenvalue weighted by atomic mass is 10.0. The zero-order chi connectivity index (χ0) is 19.7. The molecule has 4 rings (SSSR count). The van der Waals surface area contributed by atoms with Gasteiger partial charge in [0.1, 0.15) is 5.84 Å². The molecule has 4 nitrogen and oxygen atoms in total. The Balaban J connectivity index is 1.90. The second kappa shape index (κ2) is 7.47. The first-order valence-electron chi connectivity index (χ1n) is 9.81. The molecular weight excluding hydrogens is 346 g/mol. The van der Waals surface area contributed by atoms with Crippen LogP contribution in [0.3, 0.4) is 0 Å². The highest BCUT2D eigenvalue weighted by atomic mass is 16.1. The normalized spacial score (nSPS) is 14.3. The van der Waals surface area contributed by atoms with Gasteiger partial charge in [0.2, 0.25) is 0 Å². The molecule has 1 aliphatic carbocycles. The molecule has 1 saturated carbocycles. The summed E-state index contributed by atoms with van der Waals surface area (Å²) in [5, 5.41) is 4.44. The Bertz CT molecular complexity index is 1120. The van der Waals surface area contributed by atoms with E-state index in [4.69, 9.17) is 4.99 Å². The van der Waals surface area contributed by atoms with Gasteiger partial charge in [-0.1, -0.05) is 24.8 Å². The maximum atomic E-state index is 12.5. The Labute approximate surface area is 165 Å². The number of nitrogens with one attached hydrogen (secondary N) is 1. The summed E-state index contributed by atoms with van der Waals surface area (Å²) in [6.45, 7) is 8.58. The summed E-state index contributed by atoms with van der Waals surface area (Å²) < 4.78 is 1.84. The van der Waals surface area contributed by atoms with E-state index in [-0.39, 0.29) is 5.56 Å². The van der Waals surface area contributed by atoms with Crippen LogP contribution >= 0.6 is 0 Å². The van der Waals surface area contributed by atoms with Crippen LogP contribution in [0.25, 0.3) is 10.9 Å². The molecule has 0 spiro atoms. The number of benzene rings is 2. The van der Waals surface area contributed by atoms with E-state index in [1.54, 1.807) is 0 Å². The molecule has 28 heavy (non-hydrogen) atoms. The van der Waals surface area contributed by atoms with Gasteiger partial charge in [0.05, 0.1) is 11.2 Å². The standard InChI is InChI=1S/C24H25N3O/c1-4-27-22-13-12-18(14-21(22)20(15-23(27)28)17-10-11-17)24(25-16(2)3)26-19-8-6-5-7-9-19/h5-9,12-15,17H,2,4,10-11H2,1,3H3,(H,25,26). The van der Waals surface area contributed by atoms with E-state index in [0.717, 1.165) is 46.5 Å². The van der Waals surface area contributed by atoms with E-state index in [1.165, 1.54) is 5.56 Å². The number of fused-ring (bicyclic) bond motifs is 1. The first-order valence-corrected chi connectivity index (χ1v) is 9.81. The first kappa shape index (κ1) is 18.2. The van der Waals surface area contributed by atoms with E-state index >= 15 is 0 Å². The molecule has 0 bridgehead atoms. The molecule has 0 atom stereocenters. The number of amidine groups is 1. The molecule has 2 aromatic carbocycles. The smallest absolute Gasteiger partial charge is 0.251 e. The minimum atomic E-state index is 0.0860. The maximum Gasteiger partial charge on any atom is 0.251 e. The number of aromatic nitrogens is 1. The quantitative estimate of drug-likeness (QED) is 0.501. The van der Waals surface area contributed by atoms with Crippen LogP contribution in [0.15, 0.2) is 76.7 Å². The number of pyridine rings is 1. The zero-order valence-corrected chi connectivity index (χ0v) is 16.4. The predicted octanol–water partition coefficient (Wildman–Crippen LogP) is 5.10. The fourth-order valence-corrected chi connectivity index (χ4v) is 3.61. The molecule has 0 aliphatic heterocycles. The second-order valence-corrected chi connectivity index (χ2v) is 7.39. The summed E-state index contributed by atoms with van der Waals surface area (Å²) >= 11 is 0. The fourth-order valence-electron chi connectivity index (χ4n) is 3.61. The molecule has 1 fully saturated rings. The number of para-hydroxylation sites is 1. The highest BCUT2D eigenvalue weighted by Crippen LogP contribution is 2.42. The molecule has 4 heteroatoms. The van der Waals surface area contributed by atoms with Crippen molar-refractivity contribution in [2.75, 3.05) is 0 Å². The van der Waals surface area contributed by atoms with E-state index in [0.29, 0.717) is 12.5 Å². The average Bonchev–Trinajstić information content (AvgIpc) is 3.52. The summed E-state index contributed by atoms with van der Waals surface area (Å²) in [5.74, 6) is 1.26. The molecule has 0 amide bonds. The van der Waals surface area contributed by atoms with Crippen molar-refractivity contribution < 1.29 is 0 Å². The summed E-state index contributed by atoms with van der Waals surface area (Å²) in [6, 6.07) is 17.9. The van der Waals surface area contributed by atoms with E-state index in [2.05, 4.69) is 18.0 Å². The van der Waals surface area contributed by atoms with Crippen LogP contribution in [0.1, 0.15) is 43.7 Å². The number of aryl methyl sites for hydroxylation is 1. The van der Waals surface area contributed by atoms with Crippen molar-refractivity contribution in [1.82, 2.24) is 9.88 Å². The zero-order valence-electron chi connectivity index (χ0n) is 16.4. The maximum absolute atomic E-state index is 12.5. The monoisotopic (exact) mass is 371 g/mol. The third kappa shape index (κ3) is 3.63. The number of hydrogen-bond donors (Lipinski definition) is 1. The highest BCUT2D eigenvalue weighted by Gasteiger charge is 2.27. The summed E-state index contributed by atoms with van der Waals surface area (Å²) in [6.07, 6.45) is 2.31. The van der Waals surface area contributed by atoms with Crippen molar-refractivity contribution >= 4 is 22.4 Å². The largest absolute Gasteiger partial charge is 0.344 e. The van der Waals surface area contributed by atoms with Gasteiger partial charge in [0.15, 0.2) is 0 Å². The van der Waals surface area contributed by atoms with Gasteiger partial charge in [-0.05, 0) is 68.5 Å². The topological polar surface area (TPSA) is 46.4 Å². The number of nitrogens with zero attached hydrogens (tertiary/aromatic N) is 2. The molecule has 1 N–H and O–H groups in total. The van der Waals surface area contributed by atoms with Crippen LogP contribution in [0.5, 0.6) is 0 Å². The van der Waals surface area contributed by atoms with E-state index in [1.807, 2.05) is 66.9 Å². The predicted molar refractivity (Wildman–Crippen MR) is 116 cm³/mol. The average molecular weight is 371 g/mol. The third-order valence-corrected chi connectivity index (χ3v) is 5.08. The Morgan fingerprint density at radius 2 is 1.93 bits per heavy atom. The molecular formula is C24H25N3O. The van der Waals surface area contributed by atoms with Crippen LogP contribution in [0.2, 0.25) is 0 Å². The molecule has 3 aromatic rings. The number of rotatable bonds is 5. The Kier molecular flexibility index (Phi) is 4.86. The SMILES string of the molecule is C=C(C)NC(=Nc1ccccc1)c1ccc2c(c1)c(C1CC1)cc(=O)n2CC. The van der Waals surface area contributed by atoms with Gasteiger partial charge in [0, 0.05) is 29.3 Å². The van der Waals surface area contributed by atoms with Crippen LogP contribution < -0.4 is 10.9 Å². The fraction of sp³-hybridized carbons (Fsp3) is 0.250. The number of hydrogen-bond acceptors (Lipinski definition) is 2. The summed E-state index contributed by atoms with van der Waals surface area (Å²) in [5.41, 5.74) is 4.95. The lowest BCUT2D eigenvalue weighted by Crippen LogP contribution is -2.23. The van der Waals surface area contributed by atoms with Crippen molar-refractivity contribution in [1.29, 1.82) is 0 Å². The van der Waals surface area contributed by atoms with Gasteiger partial charge in [-0.15, -0.1) is 0 Å². The van der Waals surface area contributed by atoms with Gasteiger partial charge in [-0.3, -0.25) is 4.79 Å². The van der Waals surface area contributed by atoms with Crippen molar-refractivity contribution in [3.63, 3.8) is 0 Å². The van der Waals surface area contributed by atoms with Crippen LogP contribution in [-0.2, 0) is 6.54 Å². The van der Waals surface area contributed by atoms with Crippen LogP contribution in [0.4, 0.5) is 5.69 Å². The molecule has 142 valence electrons. The van der Waals surface area contributed by atoms with E-state index < -0.39 is 0 Å². The van der Waals surface area contributed by atoms with E-state index in [9.17, 15) is 4.79 Å². The third-order valence-electron chi connectivity index (χ3n) is 5.08. The minimum Gasteiger partial charge on any atom is -0.344 e. The van der Waals surface area contributed by atoms with Gasteiger partial charge in [-0.25, -0.2) is 4.99 Å². The van der Waals surface area contributed by atoms with Gasteiger partial charge < -0.3 is 9.88 Å².